The summed E-state index contributed by atoms with van der Waals surface area (Å²) in [4.78, 5) is 12.2. The lowest BCUT2D eigenvalue weighted by atomic mass is 10.1. The van der Waals surface area contributed by atoms with Crippen molar-refractivity contribution < 1.29 is 9.90 Å². The molecule has 0 atom stereocenters. The van der Waals surface area contributed by atoms with E-state index in [1.54, 1.807) is 12.1 Å². The van der Waals surface area contributed by atoms with Crippen LogP contribution in [0, 0.1) is 0 Å². The van der Waals surface area contributed by atoms with Crippen LogP contribution in [-0.4, -0.2) is 26.1 Å². The Kier molecular flexibility index (Phi) is 2.09. The highest BCUT2D eigenvalue weighted by atomic mass is 16.4. The van der Waals surface area contributed by atoms with Gasteiger partial charge in [0.05, 0.1) is 12.4 Å². The largest absolute Gasteiger partial charge is 0.478 e. The molecule has 0 spiro atoms. The Morgan fingerprint density at radius 3 is 2.60 bits per heavy atom. The van der Waals surface area contributed by atoms with Crippen molar-refractivity contribution in [2.75, 3.05) is 5.73 Å². The molecular weight excluding hydrogens is 196 g/mol. The number of aromatic nitrogens is 3. The Hall–Kier alpha value is -2.37. The fourth-order valence-electron chi connectivity index (χ4n) is 1.30. The molecule has 6 nitrogen and oxygen atoms in total. The summed E-state index contributed by atoms with van der Waals surface area (Å²) in [6.45, 7) is 0. The Labute approximate surface area is 84.9 Å². The van der Waals surface area contributed by atoms with Crippen LogP contribution in [-0.2, 0) is 0 Å². The van der Waals surface area contributed by atoms with E-state index in [2.05, 4.69) is 10.2 Å². The molecule has 0 saturated heterocycles. The predicted octanol–water partition coefficient (Wildman–Crippen LogP) is 0.548. The van der Waals surface area contributed by atoms with Gasteiger partial charge in [0.25, 0.3) is 0 Å². The molecule has 6 heteroatoms. The molecule has 15 heavy (non-hydrogen) atoms. The number of carboxylic acid groups (broad SMARTS) is 1. The van der Waals surface area contributed by atoms with Gasteiger partial charge in [-0.1, -0.05) is 6.07 Å². The Morgan fingerprint density at radius 2 is 2.00 bits per heavy atom. The molecular formula is C9H8N4O2. The first kappa shape index (κ1) is 9.20. The van der Waals surface area contributed by atoms with E-state index in [0.29, 0.717) is 5.69 Å². The zero-order valence-corrected chi connectivity index (χ0v) is 7.66. The van der Waals surface area contributed by atoms with E-state index in [9.17, 15) is 4.79 Å². The summed E-state index contributed by atoms with van der Waals surface area (Å²) >= 11 is 0. The highest BCUT2D eigenvalue weighted by Crippen LogP contribution is 2.19. The van der Waals surface area contributed by atoms with Crippen LogP contribution < -0.4 is 5.73 Å². The van der Waals surface area contributed by atoms with Gasteiger partial charge in [-0.25, -0.2) is 4.79 Å². The number of rotatable bonds is 2. The van der Waals surface area contributed by atoms with Crippen molar-refractivity contribution in [3.8, 4) is 5.69 Å². The smallest absolute Gasteiger partial charge is 0.340 e. The zero-order valence-electron chi connectivity index (χ0n) is 7.66. The number of hydrogen-bond donors (Lipinski definition) is 2. The fourth-order valence-corrected chi connectivity index (χ4v) is 1.30. The van der Waals surface area contributed by atoms with Crippen LogP contribution in [0.1, 0.15) is 10.4 Å². The molecule has 76 valence electrons. The van der Waals surface area contributed by atoms with Gasteiger partial charge in [-0.2, -0.15) is 15.0 Å². The van der Waals surface area contributed by atoms with Crippen LogP contribution in [0.4, 0.5) is 5.69 Å². The first-order valence-corrected chi connectivity index (χ1v) is 4.18. The lowest BCUT2D eigenvalue weighted by Gasteiger charge is -2.06. The van der Waals surface area contributed by atoms with Crippen LogP contribution in [0.3, 0.4) is 0 Å². The quantitative estimate of drug-likeness (QED) is 0.696. The van der Waals surface area contributed by atoms with Crippen molar-refractivity contribution in [3.05, 3.63) is 36.2 Å². The third-order valence-electron chi connectivity index (χ3n) is 1.92. The highest BCUT2D eigenvalue weighted by Gasteiger charge is 2.15. The van der Waals surface area contributed by atoms with E-state index in [0.717, 1.165) is 0 Å². The molecule has 0 fully saturated rings. The summed E-state index contributed by atoms with van der Waals surface area (Å²) in [6.07, 6.45) is 2.93. The summed E-state index contributed by atoms with van der Waals surface area (Å²) in [5.74, 6) is -1.10. The van der Waals surface area contributed by atoms with E-state index in [1.807, 2.05) is 0 Å². The average Bonchev–Trinajstić information content (AvgIpc) is 2.69. The highest BCUT2D eigenvalue weighted by molar-refractivity contribution is 5.97. The Bertz CT molecular complexity index is 493. The lowest BCUT2D eigenvalue weighted by Crippen LogP contribution is -2.10. The molecule has 2 rings (SSSR count). The van der Waals surface area contributed by atoms with E-state index in [1.165, 1.54) is 23.3 Å². The number of nitrogens with two attached hydrogens (primary N) is 1. The minimum Gasteiger partial charge on any atom is -0.478 e. The molecule has 0 saturated carbocycles. The average molecular weight is 204 g/mol. The Morgan fingerprint density at radius 1 is 1.33 bits per heavy atom. The number of nitrogen functional groups attached to an aromatic ring is 1. The van der Waals surface area contributed by atoms with Gasteiger partial charge in [0, 0.05) is 5.69 Å². The normalized spacial score (nSPS) is 10.1. The molecule has 3 N–H and O–H groups in total. The summed E-state index contributed by atoms with van der Waals surface area (Å²) in [6, 6.07) is 4.77. The number of nitrogens with zero attached hydrogens (tertiary/aromatic N) is 3. The van der Waals surface area contributed by atoms with Crippen LogP contribution in [0.2, 0.25) is 0 Å². The topological polar surface area (TPSA) is 94.0 Å². The second-order valence-electron chi connectivity index (χ2n) is 2.87. The maximum atomic E-state index is 11.0. The molecule has 2 aromatic rings. The predicted molar refractivity (Wildman–Crippen MR) is 52.7 cm³/mol. The van der Waals surface area contributed by atoms with Crippen LogP contribution >= 0.6 is 0 Å². The van der Waals surface area contributed by atoms with Gasteiger partial charge in [0.15, 0.2) is 0 Å². The van der Waals surface area contributed by atoms with Crippen molar-refractivity contribution in [1.82, 2.24) is 15.0 Å². The molecule has 0 amide bonds. The van der Waals surface area contributed by atoms with Gasteiger partial charge in [0.2, 0.25) is 0 Å². The van der Waals surface area contributed by atoms with E-state index >= 15 is 0 Å². The lowest BCUT2D eigenvalue weighted by molar-refractivity contribution is 0.0697. The molecule has 1 aromatic heterocycles. The monoisotopic (exact) mass is 204 g/mol. The first-order chi connectivity index (χ1) is 7.20. The van der Waals surface area contributed by atoms with Gasteiger partial charge in [-0.3, -0.25) is 0 Å². The third-order valence-corrected chi connectivity index (χ3v) is 1.92. The SMILES string of the molecule is Nc1cccc(-n2nccn2)c1C(=O)O. The van der Waals surface area contributed by atoms with Gasteiger partial charge >= 0.3 is 5.97 Å². The molecule has 0 aliphatic rings. The van der Waals surface area contributed by atoms with Crippen LogP contribution in [0.5, 0.6) is 0 Å². The van der Waals surface area contributed by atoms with Crippen molar-refractivity contribution in [1.29, 1.82) is 0 Å². The number of anilines is 1. The number of benzene rings is 1. The minimum absolute atomic E-state index is 0.00806. The fraction of sp³-hybridized carbons (Fsp3) is 0. The standard InChI is InChI=1S/C9H8N4O2/c10-6-2-1-3-7(8(6)9(14)15)13-11-4-5-12-13/h1-5H,10H2,(H,14,15). The molecule has 0 aliphatic carbocycles. The van der Waals surface area contributed by atoms with E-state index < -0.39 is 5.97 Å². The van der Waals surface area contributed by atoms with Crippen molar-refractivity contribution in [3.63, 3.8) is 0 Å². The van der Waals surface area contributed by atoms with E-state index in [-0.39, 0.29) is 11.3 Å². The second-order valence-corrected chi connectivity index (χ2v) is 2.87. The number of carboxylic acids is 1. The second kappa shape index (κ2) is 3.41. The molecule has 0 aliphatic heterocycles. The molecule has 0 bridgehead atoms. The Balaban J connectivity index is 2.66. The van der Waals surface area contributed by atoms with Gasteiger partial charge in [0.1, 0.15) is 11.3 Å². The molecule has 0 unspecified atom stereocenters. The molecule has 1 heterocycles. The van der Waals surface area contributed by atoms with Gasteiger partial charge in [-0.05, 0) is 12.1 Å². The molecule has 0 radical (unpaired) electrons. The van der Waals surface area contributed by atoms with Crippen molar-refractivity contribution in [2.24, 2.45) is 0 Å². The summed E-state index contributed by atoms with van der Waals surface area (Å²) in [5, 5.41) is 16.7. The summed E-state index contributed by atoms with van der Waals surface area (Å²) in [5.41, 5.74) is 6.13. The summed E-state index contributed by atoms with van der Waals surface area (Å²) < 4.78 is 0. The van der Waals surface area contributed by atoms with E-state index in [4.69, 9.17) is 10.8 Å². The van der Waals surface area contributed by atoms with Crippen LogP contribution in [0.15, 0.2) is 30.6 Å². The maximum absolute atomic E-state index is 11.0. The zero-order chi connectivity index (χ0) is 10.8. The number of aromatic carboxylic acids is 1. The van der Waals surface area contributed by atoms with Crippen molar-refractivity contribution >= 4 is 11.7 Å². The van der Waals surface area contributed by atoms with Crippen LogP contribution in [0.25, 0.3) is 5.69 Å². The van der Waals surface area contributed by atoms with Crippen molar-refractivity contribution in [2.45, 2.75) is 0 Å². The van der Waals surface area contributed by atoms with Gasteiger partial charge in [-0.15, -0.1) is 0 Å². The first-order valence-electron chi connectivity index (χ1n) is 4.18. The number of hydrogen-bond acceptors (Lipinski definition) is 4. The van der Waals surface area contributed by atoms with Gasteiger partial charge < -0.3 is 10.8 Å². The minimum atomic E-state index is -1.10. The third kappa shape index (κ3) is 1.52. The maximum Gasteiger partial charge on any atom is 0.340 e. The number of carbonyl (C=O) groups is 1. The summed E-state index contributed by atoms with van der Waals surface area (Å²) in [7, 11) is 0. The molecule has 1 aromatic carbocycles.